The molecule has 1 N–H and O–H groups in total. The monoisotopic (exact) mass is 257 g/mol. The molecular weight excluding hydrogens is 230 g/mol. The first-order valence-electron chi connectivity index (χ1n) is 7.40. The zero-order chi connectivity index (χ0) is 12.6. The molecule has 2 heterocycles. The van der Waals surface area contributed by atoms with Gasteiger partial charge in [0.1, 0.15) is 0 Å². The van der Waals surface area contributed by atoms with Gasteiger partial charge in [0.05, 0.1) is 25.9 Å². The highest BCUT2D eigenvalue weighted by atomic mass is 16.5. The number of hydrogen-bond donors (Lipinski definition) is 1. The van der Waals surface area contributed by atoms with Gasteiger partial charge in [-0.3, -0.25) is 0 Å². The largest absolute Gasteiger partial charge is 0.381 e. The fourth-order valence-electron chi connectivity index (χ4n) is 2.66. The molecule has 2 rings (SSSR count). The third-order valence-corrected chi connectivity index (χ3v) is 3.82. The lowest BCUT2D eigenvalue weighted by molar-refractivity contribution is 0.00416. The van der Waals surface area contributed by atoms with Crippen molar-refractivity contribution < 1.29 is 14.2 Å². The Balaban J connectivity index is 1.66. The van der Waals surface area contributed by atoms with Crippen molar-refractivity contribution in [2.45, 2.75) is 44.8 Å². The molecule has 0 spiro atoms. The molecule has 4 heteroatoms. The van der Waals surface area contributed by atoms with E-state index in [1.807, 2.05) is 0 Å². The maximum atomic E-state index is 5.85. The van der Waals surface area contributed by atoms with Gasteiger partial charge in [0, 0.05) is 25.2 Å². The van der Waals surface area contributed by atoms with E-state index in [0.717, 1.165) is 58.8 Å². The Hall–Kier alpha value is -0.160. The minimum atomic E-state index is 0.330. The van der Waals surface area contributed by atoms with E-state index in [9.17, 15) is 0 Å². The predicted molar refractivity (Wildman–Crippen MR) is 70.8 cm³/mol. The van der Waals surface area contributed by atoms with E-state index < -0.39 is 0 Å². The zero-order valence-electron chi connectivity index (χ0n) is 11.5. The molecule has 2 saturated heterocycles. The molecule has 0 bridgehead atoms. The second-order valence-corrected chi connectivity index (χ2v) is 5.36. The molecule has 2 aliphatic heterocycles. The first-order chi connectivity index (χ1) is 8.90. The highest BCUT2D eigenvalue weighted by Crippen LogP contribution is 2.18. The van der Waals surface area contributed by atoms with Crippen molar-refractivity contribution in [1.82, 2.24) is 5.32 Å². The van der Waals surface area contributed by atoms with Crippen LogP contribution in [0.25, 0.3) is 0 Å². The molecule has 0 aromatic rings. The van der Waals surface area contributed by atoms with E-state index in [4.69, 9.17) is 14.2 Å². The standard InChI is InChI=1S/C14H27NO3/c1-2-6-15-14(12-5-8-16-9-12)11-17-10-13-4-3-7-18-13/h12-15H,2-11H2,1H3. The lowest BCUT2D eigenvalue weighted by atomic mass is 9.99. The first kappa shape index (κ1) is 14.3. The summed E-state index contributed by atoms with van der Waals surface area (Å²) in [6.45, 7) is 7.48. The van der Waals surface area contributed by atoms with E-state index in [0.29, 0.717) is 18.1 Å². The van der Waals surface area contributed by atoms with Crippen LogP contribution in [0.4, 0.5) is 0 Å². The van der Waals surface area contributed by atoms with Crippen molar-refractivity contribution in [1.29, 1.82) is 0 Å². The van der Waals surface area contributed by atoms with E-state index in [1.54, 1.807) is 0 Å². The minimum Gasteiger partial charge on any atom is -0.381 e. The van der Waals surface area contributed by atoms with Crippen molar-refractivity contribution >= 4 is 0 Å². The number of nitrogens with one attached hydrogen (secondary N) is 1. The molecule has 2 fully saturated rings. The summed E-state index contributed by atoms with van der Waals surface area (Å²) in [4.78, 5) is 0. The molecule has 0 saturated carbocycles. The first-order valence-corrected chi connectivity index (χ1v) is 7.40. The van der Waals surface area contributed by atoms with Gasteiger partial charge < -0.3 is 19.5 Å². The Bertz CT molecular complexity index is 213. The third kappa shape index (κ3) is 4.50. The summed E-state index contributed by atoms with van der Waals surface area (Å²) in [5.41, 5.74) is 0. The second-order valence-electron chi connectivity index (χ2n) is 5.36. The smallest absolute Gasteiger partial charge is 0.0809 e. The normalized spacial score (nSPS) is 29.8. The van der Waals surface area contributed by atoms with Crippen LogP contribution in [-0.2, 0) is 14.2 Å². The fraction of sp³-hybridized carbons (Fsp3) is 1.00. The van der Waals surface area contributed by atoms with Gasteiger partial charge in [0.2, 0.25) is 0 Å². The lowest BCUT2D eigenvalue weighted by Gasteiger charge is -2.24. The summed E-state index contributed by atoms with van der Waals surface area (Å²) in [5.74, 6) is 0.612. The van der Waals surface area contributed by atoms with Gasteiger partial charge in [0.15, 0.2) is 0 Å². The van der Waals surface area contributed by atoms with E-state index >= 15 is 0 Å². The highest BCUT2D eigenvalue weighted by molar-refractivity contribution is 4.79. The second kappa shape index (κ2) is 8.10. The van der Waals surface area contributed by atoms with Gasteiger partial charge in [-0.2, -0.15) is 0 Å². The Morgan fingerprint density at radius 3 is 2.94 bits per heavy atom. The van der Waals surface area contributed by atoms with Crippen LogP contribution in [0.15, 0.2) is 0 Å². The quantitative estimate of drug-likeness (QED) is 0.717. The Kier molecular flexibility index (Phi) is 6.41. The maximum absolute atomic E-state index is 5.85. The SMILES string of the molecule is CCCNC(COCC1CCCO1)C1CCOC1. The van der Waals surface area contributed by atoms with Gasteiger partial charge >= 0.3 is 0 Å². The van der Waals surface area contributed by atoms with Crippen LogP contribution in [0.3, 0.4) is 0 Å². The van der Waals surface area contributed by atoms with Crippen LogP contribution in [-0.4, -0.2) is 51.7 Å². The number of rotatable bonds is 8. The molecule has 3 atom stereocenters. The molecule has 0 amide bonds. The molecule has 2 aliphatic rings. The van der Waals surface area contributed by atoms with E-state index in [-0.39, 0.29) is 0 Å². The van der Waals surface area contributed by atoms with Crippen LogP contribution in [0.2, 0.25) is 0 Å². The topological polar surface area (TPSA) is 39.7 Å². The van der Waals surface area contributed by atoms with Crippen molar-refractivity contribution in [3.63, 3.8) is 0 Å². The summed E-state index contributed by atoms with van der Waals surface area (Å²) in [6, 6.07) is 0.439. The average Bonchev–Trinajstić information content (AvgIpc) is 3.05. The summed E-state index contributed by atoms with van der Waals surface area (Å²) in [5, 5.41) is 3.59. The van der Waals surface area contributed by atoms with Crippen molar-refractivity contribution in [2.75, 3.05) is 39.6 Å². The van der Waals surface area contributed by atoms with Crippen molar-refractivity contribution in [3.8, 4) is 0 Å². The maximum Gasteiger partial charge on any atom is 0.0809 e. The van der Waals surface area contributed by atoms with Crippen LogP contribution < -0.4 is 5.32 Å². The van der Waals surface area contributed by atoms with Crippen molar-refractivity contribution in [3.05, 3.63) is 0 Å². The summed E-state index contributed by atoms with van der Waals surface area (Å²) in [6.07, 6.45) is 4.99. The van der Waals surface area contributed by atoms with Crippen LogP contribution >= 0.6 is 0 Å². The van der Waals surface area contributed by atoms with Crippen LogP contribution in [0, 0.1) is 5.92 Å². The Labute approximate surface area is 110 Å². The lowest BCUT2D eigenvalue weighted by Crippen LogP contribution is -2.41. The molecule has 0 aromatic heterocycles. The highest BCUT2D eigenvalue weighted by Gasteiger charge is 2.26. The summed E-state index contributed by atoms with van der Waals surface area (Å²) >= 11 is 0. The Morgan fingerprint density at radius 2 is 2.28 bits per heavy atom. The van der Waals surface area contributed by atoms with E-state index in [1.165, 1.54) is 6.42 Å². The minimum absolute atomic E-state index is 0.330. The zero-order valence-corrected chi connectivity index (χ0v) is 11.5. The molecule has 106 valence electrons. The average molecular weight is 257 g/mol. The van der Waals surface area contributed by atoms with Gasteiger partial charge in [0.25, 0.3) is 0 Å². The van der Waals surface area contributed by atoms with Gasteiger partial charge in [-0.05, 0) is 32.2 Å². The molecular formula is C14H27NO3. The molecule has 0 radical (unpaired) electrons. The molecule has 4 nitrogen and oxygen atoms in total. The van der Waals surface area contributed by atoms with Gasteiger partial charge in [-0.25, -0.2) is 0 Å². The van der Waals surface area contributed by atoms with Crippen LogP contribution in [0.1, 0.15) is 32.6 Å². The predicted octanol–water partition coefficient (Wildman–Crippen LogP) is 1.59. The van der Waals surface area contributed by atoms with Crippen LogP contribution in [0.5, 0.6) is 0 Å². The molecule has 18 heavy (non-hydrogen) atoms. The molecule has 0 aliphatic carbocycles. The van der Waals surface area contributed by atoms with Gasteiger partial charge in [-0.1, -0.05) is 6.92 Å². The summed E-state index contributed by atoms with van der Waals surface area (Å²) < 4.78 is 16.9. The fourth-order valence-corrected chi connectivity index (χ4v) is 2.66. The van der Waals surface area contributed by atoms with E-state index in [2.05, 4.69) is 12.2 Å². The molecule has 0 aromatic carbocycles. The Morgan fingerprint density at radius 1 is 1.33 bits per heavy atom. The molecule has 3 unspecified atom stereocenters. The summed E-state index contributed by atoms with van der Waals surface area (Å²) in [7, 11) is 0. The van der Waals surface area contributed by atoms with Crippen molar-refractivity contribution in [2.24, 2.45) is 5.92 Å². The third-order valence-electron chi connectivity index (χ3n) is 3.82. The number of ether oxygens (including phenoxy) is 3. The number of hydrogen-bond acceptors (Lipinski definition) is 4. The van der Waals surface area contributed by atoms with Gasteiger partial charge in [-0.15, -0.1) is 0 Å².